The zero-order valence-corrected chi connectivity index (χ0v) is 15.9. The highest BCUT2D eigenvalue weighted by molar-refractivity contribution is 5.92. The Morgan fingerprint density at radius 3 is 2.71 bits per heavy atom. The van der Waals surface area contributed by atoms with Crippen LogP contribution in [0.25, 0.3) is 22.0 Å². The van der Waals surface area contributed by atoms with E-state index < -0.39 is 0 Å². The van der Waals surface area contributed by atoms with Gasteiger partial charge in [-0.1, -0.05) is 6.07 Å². The van der Waals surface area contributed by atoms with E-state index in [1.807, 2.05) is 23.4 Å². The van der Waals surface area contributed by atoms with Crippen molar-refractivity contribution >= 4 is 22.6 Å². The zero-order valence-electron chi connectivity index (χ0n) is 15.9. The highest BCUT2D eigenvalue weighted by Crippen LogP contribution is 2.31. The fourth-order valence-electron chi connectivity index (χ4n) is 3.58. The maximum Gasteiger partial charge on any atom is 0.219 e. The van der Waals surface area contributed by atoms with Crippen molar-refractivity contribution in [1.29, 1.82) is 0 Å². The molecular formula is C22H23N5O. The van der Waals surface area contributed by atoms with Gasteiger partial charge in [-0.25, -0.2) is 9.97 Å². The predicted molar refractivity (Wildman–Crippen MR) is 109 cm³/mol. The summed E-state index contributed by atoms with van der Waals surface area (Å²) in [4.78, 5) is 27.2. The highest BCUT2D eigenvalue weighted by atomic mass is 16.2. The first-order valence-electron chi connectivity index (χ1n) is 9.90. The lowest BCUT2D eigenvalue weighted by molar-refractivity contribution is -0.130. The van der Waals surface area contributed by atoms with Crippen LogP contribution in [0.4, 0.5) is 5.82 Å². The van der Waals surface area contributed by atoms with Crippen molar-refractivity contribution in [3.8, 4) is 11.1 Å². The molecule has 6 heteroatoms. The van der Waals surface area contributed by atoms with E-state index >= 15 is 0 Å². The Bertz CT molecular complexity index is 1040. The van der Waals surface area contributed by atoms with Gasteiger partial charge in [0, 0.05) is 48.9 Å². The van der Waals surface area contributed by atoms with E-state index in [2.05, 4.69) is 38.5 Å². The Morgan fingerprint density at radius 2 is 1.96 bits per heavy atom. The lowest BCUT2D eigenvalue weighted by Crippen LogP contribution is -2.30. The molecule has 1 aromatic carbocycles. The summed E-state index contributed by atoms with van der Waals surface area (Å²) in [6.07, 6.45) is 9.95. The number of hydrogen-bond acceptors (Lipinski definition) is 5. The van der Waals surface area contributed by atoms with E-state index in [-0.39, 0.29) is 5.91 Å². The summed E-state index contributed by atoms with van der Waals surface area (Å²) in [6.45, 7) is 2.26. The van der Waals surface area contributed by atoms with Crippen LogP contribution in [0.1, 0.15) is 38.2 Å². The standard InChI is InChI=1S/C22H23N5O/c1-14(28)27(19-5-6-19)12-15-8-17(11-23-10-15)16-2-7-21-20(9-16)22(25-13-24-21)26-18-3-4-18/h2,7-11,13,18-19H,3-6,12H2,1H3,(H,24,25,26). The second-order valence-electron chi connectivity index (χ2n) is 7.83. The predicted octanol–water partition coefficient (Wildman–Crippen LogP) is 3.78. The highest BCUT2D eigenvalue weighted by Gasteiger charge is 2.30. The molecule has 3 aromatic rings. The summed E-state index contributed by atoms with van der Waals surface area (Å²) in [6, 6.07) is 9.29. The van der Waals surface area contributed by atoms with E-state index in [4.69, 9.17) is 0 Å². The molecule has 5 rings (SSSR count). The van der Waals surface area contributed by atoms with Gasteiger partial charge >= 0.3 is 0 Å². The van der Waals surface area contributed by atoms with Gasteiger partial charge in [-0.05, 0) is 55.0 Å². The molecule has 0 radical (unpaired) electrons. The maximum atomic E-state index is 11.9. The Labute approximate surface area is 164 Å². The number of nitrogens with zero attached hydrogens (tertiary/aromatic N) is 4. The van der Waals surface area contributed by atoms with Gasteiger partial charge in [0.1, 0.15) is 12.1 Å². The van der Waals surface area contributed by atoms with Crippen LogP contribution in [0.5, 0.6) is 0 Å². The fourth-order valence-corrected chi connectivity index (χ4v) is 3.58. The van der Waals surface area contributed by atoms with Gasteiger partial charge in [0.15, 0.2) is 0 Å². The molecule has 1 N–H and O–H groups in total. The van der Waals surface area contributed by atoms with E-state index in [1.165, 1.54) is 12.8 Å². The molecule has 0 atom stereocenters. The van der Waals surface area contributed by atoms with E-state index in [1.54, 1.807) is 13.3 Å². The molecule has 2 heterocycles. The summed E-state index contributed by atoms with van der Waals surface area (Å²) in [7, 11) is 0. The molecule has 0 bridgehead atoms. The van der Waals surface area contributed by atoms with Crippen molar-refractivity contribution in [1.82, 2.24) is 19.9 Å². The number of benzene rings is 1. The first kappa shape index (κ1) is 17.1. The number of rotatable bonds is 6. The van der Waals surface area contributed by atoms with Crippen LogP contribution in [-0.4, -0.2) is 37.8 Å². The molecule has 2 aromatic heterocycles. The van der Waals surface area contributed by atoms with Crippen molar-refractivity contribution in [2.75, 3.05) is 5.32 Å². The van der Waals surface area contributed by atoms with E-state index in [0.717, 1.165) is 46.3 Å². The second-order valence-corrected chi connectivity index (χ2v) is 7.83. The molecule has 0 spiro atoms. The van der Waals surface area contributed by atoms with Crippen LogP contribution < -0.4 is 5.32 Å². The molecule has 2 fully saturated rings. The third kappa shape index (κ3) is 3.54. The molecule has 2 saturated carbocycles. The maximum absolute atomic E-state index is 11.9. The summed E-state index contributed by atoms with van der Waals surface area (Å²) < 4.78 is 0. The van der Waals surface area contributed by atoms with Crippen molar-refractivity contribution in [3.05, 3.63) is 48.5 Å². The first-order valence-corrected chi connectivity index (χ1v) is 9.90. The largest absolute Gasteiger partial charge is 0.367 e. The number of anilines is 1. The minimum atomic E-state index is 0.131. The van der Waals surface area contributed by atoms with Crippen LogP contribution in [0.3, 0.4) is 0 Å². The smallest absolute Gasteiger partial charge is 0.219 e. The Balaban J connectivity index is 1.46. The Hall–Kier alpha value is -3.02. The third-order valence-electron chi connectivity index (χ3n) is 5.43. The van der Waals surface area contributed by atoms with Gasteiger partial charge < -0.3 is 10.2 Å². The molecule has 28 heavy (non-hydrogen) atoms. The van der Waals surface area contributed by atoms with Crippen molar-refractivity contribution in [3.63, 3.8) is 0 Å². The first-order chi connectivity index (χ1) is 13.7. The number of fused-ring (bicyclic) bond motifs is 1. The number of carbonyl (C=O) groups is 1. The molecule has 2 aliphatic carbocycles. The summed E-state index contributed by atoms with van der Waals surface area (Å²) >= 11 is 0. The monoisotopic (exact) mass is 373 g/mol. The Morgan fingerprint density at radius 1 is 1.11 bits per heavy atom. The Kier molecular flexibility index (Phi) is 4.19. The number of amides is 1. The summed E-state index contributed by atoms with van der Waals surface area (Å²) in [5.74, 6) is 1.03. The molecule has 142 valence electrons. The van der Waals surface area contributed by atoms with Gasteiger partial charge in [-0.3, -0.25) is 9.78 Å². The van der Waals surface area contributed by atoms with Gasteiger partial charge in [0.2, 0.25) is 5.91 Å². The molecular weight excluding hydrogens is 350 g/mol. The normalized spacial score (nSPS) is 16.2. The minimum absolute atomic E-state index is 0.131. The zero-order chi connectivity index (χ0) is 19.1. The van der Waals surface area contributed by atoms with Gasteiger partial charge in [0.25, 0.3) is 0 Å². The molecule has 6 nitrogen and oxygen atoms in total. The molecule has 1 amide bonds. The quantitative estimate of drug-likeness (QED) is 0.712. The second kappa shape index (κ2) is 6.86. The summed E-state index contributed by atoms with van der Waals surface area (Å²) in [5.41, 5.74) is 4.11. The molecule has 2 aliphatic rings. The van der Waals surface area contributed by atoms with Crippen LogP contribution in [0.15, 0.2) is 43.0 Å². The third-order valence-corrected chi connectivity index (χ3v) is 5.43. The number of aromatic nitrogens is 3. The SMILES string of the molecule is CC(=O)N(Cc1cncc(-c2ccc3ncnc(NC4CC4)c3c2)c1)C1CC1. The minimum Gasteiger partial charge on any atom is -0.367 e. The van der Waals surface area contributed by atoms with E-state index in [0.29, 0.717) is 18.6 Å². The average molecular weight is 373 g/mol. The van der Waals surface area contributed by atoms with E-state index in [9.17, 15) is 4.79 Å². The number of hydrogen-bond donors (Lipinski definition) is 1. The fraction of sp³-hybridized carbons (Fsp3) is 0.364. The van der Waals surface area contributed by atoms with Crippen LogP contribution in [0, 0.1) is 0 Å². The topological polar surface area (TPSA) is 71.0 Å². The van der Waals surface area contributed by atoms with Crippen LogP contribution >= 0.6 is 0 Å². The molecule has 0 unspecified atom stereocenters. The number of nitrogens with one attached hydrogen (secondary N) is 1. The number of carbonyl (C=O) groups excluding carboxylic acids is 1. The van der Waals surface area contributed by atoms with Gasteiger partial charge in [-0.2, -0.15) is 0 Å². The molecule has 0 saturated heterocycles. The molecule has 0 aliphatic heterocycles. The number of pyridine rings is 1. The van der Waals surface area contributed by atoms with Crippen molar-refractivity contribution in [2.24, 2.45) is 0 Å². The average Bonchev–Trinajstić information content (AvgIpc) is 3.61. The lowest BCUT2D eigenvalue weighted by Gasteiger charge is -2.20. The van der Waals surface area contributed by atoms with Crippen molar-refractivity contribution in [2.45, 2.75) is 51.2 Å². The van der Waals surface area contributed by atoms with Gasteiger partial charge in [-0.15, -0.1) is 0 Å². The summed E-state index contributed by atoms with van der Waals surface area (Å²) in [5, 5.41) is 4.52. The van der Waals surface area contributed by atoms with Gasteiger partial charge in [0.05, 0.1) is 5.52 Å². The van der Waals surface area contributed by atoms with Crippen LogP contribution in [-0.2, 0) is 11.3 Å². The van der Waals surface area contributed by atoms with Crippen LogP contribution in [0.2, 0.25) is 0 Å². The van der Waals surface area contributed by atoms with Crippen molar-refractivity contribution < 1.29 is 4.79 Å². The lowest BCUT2D eigenvalue weighted by atomic mass is 10.0.